The van der Waals surface area contributed by atoms with Crippen molar-refractivity contribution >= 4 is 29.8 Å². The molecule has 0 spiro atoms. The molecule has 0 heterocycles. The first-order valence-corrected chi connectivity index (χ1v) is 7.02. The molecule has 1 atom stereocenters. The van der Waals surface area contributed by atoms with Crippen molar-refractivity contribution in [2.24, 2.45) is 4.99 Å². The minimum absolute atomic E-state index is 0.128. The Morgan fingerprint density at radius 2 is 2.16 bits per heavy atom. The number of allylic oxidation sites excluding steroid dienone is 1. The maximum atomic E-state index is 10.4. The largest absolute Gasteiger partial charge is 0.394 e. The quantitative estimate of drug-likeness (QED) is 0.594. The van der Waals surface area contributed by atoms with Gasteiger partial charge < -0.3 is 10.4 Å². The number of hydrogen-bond donors (Lipinski definition) is 2. The maximum Gasteiger partial charge on any atom is 0.207 e. The van der Waals surface area contributed by atoms with Crippen LogP contribution in [0.5, 0.6) is 0 Å². The molecular formula is C14H18N2O2S. The van der Waals surface area contributed by atoms with Crippen LogP contribution in [-0.4, -0.2) is 31.1 Å². The van der Waals surface area contributed by atoms with Gasteiger partial charge in [-0.1, -0.05) is 24.3 Å². The number of amides is 1. The molecule has 5 heteroatoms. The number of aliphatic hydroxyl groups is 1. The van der Waals surface area contributed by atoms with Gasteiger partial charge in [0.1, 0.15) is 0 Å². The molecule has 2 N–H and O–H groups in total. The highest BCUT2D eigenvalue weighted by Gasteiger charge is 2.10. The fourth-order valence-electron chi connectivity index (χ4n) is 1.75. The second-order valence-electron chi connectivity index (χ2n) is 3.92. The van der Waals surface area contributed by atoms with E-state index in [1.165, 1.54) is 0 Å². The van der Waals surface area contributed by atoms with E-state index in [9.17, 15) is 9.90 Å². The van der Waals surface area contributed by atoms with Crippen LogP contribution < -0.4 is 5.32 Å². The molecule has 1 rings (SSSR count). The van der Waals surface area contributed by atoms with Crippen LogP contribution in [0.25, 0.3) is 4.91 Å². The summed E-state index contributed by atoms with van der Waals surface area (Å²) in [4.78, 5) is 15.5. The van der Waals surface area contributed by atoms with E-state index in [1.807, 2.05) is 37.4 Å². The van der Waals surface area contributed by atoms with Gasteiger partial charge in [-0.3, -0.25) is 9.79 Å². The van der Waals surface area contributed by atoms with Crippen molar-refractivity contribution in [2.45, 2.75) is 13.0 Å². The van der Waals surface area contributed by atoms with E-state index < -0.39 is 0 Å². The van der Waals surface area contributed by atoms with Crippen molar-refractivity contribution in [3.8, 4) is 0 Å². The zero-order valence-corrected chi connectivity index (χ0v) is 11.9. The molecule has 1 amide bonds. The lowest BCUT2D eigenvalue weighted by Gasteiger charge is -2.14. The molecule has 0 aliphatic heterocycles. The average Bonchev–Trinajstić information content (AvgIpc) is 2.46. The maximum absolute atomic E-state index is 10.4. The number of rotatable bonds is 7. The Hall–Kier alpha value is -1.59. The van der Waals surface area contributed by atoms with Gasteiger partial charge in [0.15, 0.2) is 0 Å². The predicted octanol–water partition coefficient (Wildman–Crippen LogP) is 2.22. The lowest BCUT2D eigenvalue weighted by Crippen LogP contribution is -2.22. The van der Waals surface area contributed by atoms with Gasteiger partial charge in [0.25, 0.3) is 0 Å². The van der Waals surface area contributed by atoms with Crippen molar-refractivity contribution in [3.05, 3.63) is 41.1 Å². The normalized spacial score (nSPS) is 13.4. The smallest absolute Gasteiger partial charge is 0.207 e. The van der Waals surface area contributed by atoms with Crippen LogP contribution in [0.1, 0.15) is 24.1 Å². The molecule has 0 aliphatic carbocycles. The monoisotopic (exact) mass is 278 g/mol. The fourth-order valence-corrected chi connectivity index (χ4v) is 2.48. The van der Waals surface area contributed by atoms with E-state index in [2.05, 4.69) is 17.0 Å². The Kier molecular flexibility index (Phi) is 6.32. The second kappa shape index (κ2) is 7.76. The number of hydrogen-bond acceptors (Lipinski definition) is 4. The number of benzene rings is 1. The number of carbonyl (C=O) groups is 1. The van der Waals surface area contributed by atoms with Gasteiger partial charge in [0.2, 0.25) is 6.41 Å². The molecule has 1 aromatic rings. The summed E-state index contributed by atoms with van der Waals surface area (Å²) < 4.78 is 0. The summed E-state index contributed by atoms with van der Waals surface area (Å²) in [6.07, 6.45) is 2.58. The third kappa shape index (κ3) is 3.94. The van der Waals surface area contributed by atoms with Gasteiger partial charge in [0.05, 0.1) is 18.3 Å². The summed E-state index contributed by atoms with van der Waals surface area (Å²) in [5.41, 5.74) is 2.79. The Morgan fingerprint density at radius 1 is 1.53 bits per heavy atom. The molecule has 4 nitrogen and oxygen atoms in total. The van der Waals surface area contributed by atoms with Crippen molar-refractivity contribution in [2.75, 3.05) is 12.9 Å². The molecule has 1 aromatic carbocycles. The molecule has 19 heavy (non-hydrogen) atoms. The second-order valence-corrected chi connectivity index (χ2v) is 4.73. The lowest BCUT2D eigenvalue weighted by atomic mass is 10.0. The number of thioether (sulfide) groups is 1. The van der Waals surface area contributed by atoms with E-state index in [0.717, 1.165) is 21.7 Å². The Labute approximate surface area is 117 Å². The highest BCUT2D eigenvalue weighted by Crippen LogP contribution is 2.29. The van der Waals surface area contributed by atoms with E-state index in [4.69, 9.17) is 0 Å². The van der Waals surface area contributed by atoms with E-state index in [-0.39, 0.29) is 12.6 Å². The standard InChI is InChI=1S/C14H18N2O2S/c1-10(15-2)14(19-3)12-6-4-11(5-7-12)13(8-17)16-9-18/h4-7,9,13,17H,2,8H2,1,3H3,(H,16,18)/b14-10-. The van der Waals surface area contributed by atoms with Crippen LogP contribution in [0.15, 0.2) is 35.0 Å². The third-order valence-electron chi connectivity index (χ3n) is 2.80. The highest BCUT2D eigenvalue weighted by molar-refractivity contribution is 8.07. The number of nitrogens with zero attached hydrogens (tertiary/aromatic N) is 1. The van der Waals surface area contributed by atoms with Gasteiger partial charge in [-0.25, -0.2) is 0 Å². The Morgan fingerprint density at radius 3 is 2.58 bits per heavy atom. The minimum Gasteiger partial charge on any atom is -0.394 e. The predicted molar refractivity (Wildman–Crippen MR) is 81.1 cm³/mol. The van der Waals surface area contributed by atoms with Crippen molar-refractivity contribution in [1.29, 1.82) is 0 Å². The first-order chi connectivity index (χ1) is 9.17. The number of carbonyl (C=O) groups excluding carboxylic acids is 1. The minimum atomic E-state index is -0.369. The van der Waals surface area contributed by atoms with E-state index in [0.29, 0.717) is 6.41 Å². The zero-order valence-electron chi connectivity index (χ0n) is 11.1. The first kappa shape index (κ1) is 15.5. The molecule has 102 valence electrons. The summed E-state index contributed by atoms with van der Waals surface area (Å²) in [7, 11) is 0. The zero-order chi connectivity index (χ0) is 14.3. The van der Waals surface area contributed by atoms with Crippen LogP contribution in [0.2, 0.25) is 0 Å². The van der Waals surface area contributed by atoms with Crippen molar-refractivity contribution in [1.82, 2.24) is 5.32 Å². The van der Waals surface area contributed by atoms with Crippen LogP contribution in [0, 0.1) is 0 Å². The molecule has 0 fully saturated rings. The number of nitrogens with one attached hydrogen (secondary N) is 1. The molecule has 0 radical (unpaired) electrons. The van der Waals surface area contributed by atoms with Crippen molar-refractivity contribution in [3.63, 3.8) is 0 Å². The van der Waals surface area contributed by atoms with Crippen LogP contribution >= 0.6 is 11.8 Å². The molecule has 0 aliphatic rings. The van der Waals surface area contributed by atoms with E-state index >= 15 is 0 Å². The molecule has 0 bridgehead atoms. The van der Waals surface area contributed by atoms with E-state index in [1.54, 1.807) is 11.8 Å². The van der Waals surface area contributed by atoms with Gasteiger partial charge in [-0.05, 0) is 31.0 Å². The summed E-state index contributed by atoms with van der Waals surface area (Å²) >= 11 is 1.61. The van der Waals surface area contributed by atoms with Crippen molar-refractivity contribution < 1.29 is 9.90 Å². The topological polar surface area (TPSA) is 61.7 Å². The molecule has 0 saturated heterocycles. The number of aliphatic hydroxyl groups excluding tert-OH is 1. The fraction of sp³-hybridized carbons (Fsp3) is 0.286. The Balaban J connectivity index is 3.04. The van der Waals surface area contributed by atoms with Gasteiger partial charge >= 0.3 is 0 Å². The Bertz CT molecular complexity index is 469. The van der Waals surface area contributed by atoms with Gasteiger partial charge in [-0.15, -0.1) is 11.8 Å². The number of aliphatic imine (C=N–C) groups is 1. The van der Waals surface area contributed by atoms with Crippen LogP contribution in [-0.2, 0) is 4.79 Å². The lowest BCUT2D eigenvalue weighted by molar-refractivity contribution is -0.110. The first-order valence-electron chi connectivity index (χ1n) is 5.80. The van der Waals surface area contributed by atoms with Crippen LogP contribution in [0.4, 0.5) is 0 Å². The van der Waals surface area contributed by atoms with Gasteiger partial charge in [-0.2, -0.15) is 0 Å². The molecular weight excluding hydrogens is 260 g/mol. The molecule has 1 unspecified atom stereocenters. The van der Waals surface area contributed by atoms with Crippen LogP contribution in [0.3, 0.4) is 0 Å². The summed E-state index contributed by atoms with van der Waals surface area (Å²) in [6.45, 7) is 5.32. The average molecular weight is 278 g/mol. The highest BCUT2D eigenvalue weighted by atomic mass is 32.2. The van der Waals surface area contributed by atoms with Gasteiger partial charge in [0, 0.05) is 4.91 Å². The summed E-state index contributed by atoms with van der Waals surface area (Å²) in [6, 6.07) is 7.31. The molecule has 0 saturated carbocycles. The molecule has 0 aromatic heterocycles. The SMILES string of the molecule is C=N/C(C)=C(\SC)c1ccc(C(CO)NC=O)cc1. The summed E-state index contributed by atoms with van der Waals surface area (Å²) in [5.74, 6) is 0. The summed E-state index contributed by atoms with van der Waals surface area (Å²) in [5, 5.41) is 11.8. The third-order valence-corrected chi connectivity index (χ3v) is 3.74.